The van der Waals surface area contributed by atoms with Gasteiger partial charge in [0.1, 0.15) is 17.0 Å². The van der Waals surface area contributed by atoms with Crippen molar-refractivity contribution in [1.29, 1.82) is 0 Å². The normalized spacial score (nSPS) is 18.8. The maximum Gasteiger partial charge on any atom is 0.261 e. The van der Waals surface area contributed by atoms with Crippen molar-refractivity contribution in [3.05, 3.63) is 28.4 Å². The molecule has 2 aliphatic rings. The summed E-state index contributed by atoms with van der Waals surface area (Å²) in [5, 5.41) is 8.04. The molecule has 216 valence electrons. The zero-order chi connectivity index (χ0) is 28.3. The lowest BCUT2D eigenvalue weighted by Crippen LogP contribution is -2.26. The highest BCUT2D eigenvalue weighted by Gasteiger charge is 2.37. The fourth-order valence-electron chi connectivity index (χ4n) is 4.97. The summed E-state index contributed by atoms with van der Waals surface area (Å²) in [5.74, 6) is -0.770. The Balaban J connectivity index is 1.43. The first kappa shape index (κ1) is 28.8. The summed E-state index contributed by atoms with van der Waals surface area (Å²) < 4.78 is 43.4. The number of anilines is 2. The number of likely N-dealkylation sites (tertiary alicyclic amines) is 1. The Morgan fingerprint density at radius 1 is 1.12 bits per heavy atom. The molecule has 3 aromatic rings. The first-order valence-electron chi connectivity index (χ1n) is 13.2. The van der Waals surface area contributed by atoms with Crippen molar-refractivity contribution in [2.75, 3.05) is 64.2 Å². The van der Waals surface area contributed by atoms with Crippen LogP contribution in [0.3, 0.4) is 0 Å². The highest BCUT2D eigenvalue weighted by atomic mass is 35.5. The molecule has 9 nitrogen and oxygen atoms in total. The van der Waals surface area contributed by atoms with Crippen LogP contribution in [0, 0.1) is 0 Å². The van der Waals surface area contributed by atoms with Crippen LogP contribution in [-0.4, -0.2) is 85.4 Å². The molecule has 0 saturated carbocycles. The molecule has 2 fully saturated rings. The zero-order valence-corrected chi connectivity index (χ0v) is 23.9. The summed E-state index contributed by atoms with van der Waals surface area (Å²) in [6, 6.07) is 3.59. The SMILES string of the molecule is COc1cc(OC)c(Cl)c(-c2cc3cnc(NC4CCOC4)nc3c(NCCCCN3CCC(F)(F)C3)n2)c1Cl. The molecule has 2 aliphatic heterocycles. The third-order valence-corrected chi connectivity index (χ3v) is 7.85. The quantitative estimate of drug-likeness (QED) is 0.268. The minimum absolute atomic E-state index is 0.0722. The molecule has 0 aliphatic carbocycles. The summed E-state index contributed by atoms with van der Waals surface area (Å²) in [7, 11) is 3.03. The number of methoxy groups -OCH3 is 2. The predicted octanol–water partition coefficient (Wildman–Crippen LogP) is 5.75. The molecule has 4 heterocycles. The number of fused-ring (bicyclic) bond motifs is 1. The fraction of sp³-hybridized carbons (Fsp3) is 0.519. The van der Waals surface area contributed by atoms with Crippen LogP contribution in [-0.2, 0) is 4.74 Å². The highest BCUT2D eigenvalue weighted by molar-refractivity contribution is 6.41. The van der Waals surface area contributed by atoms with Crippen molar-refractivity contribution >= 4 is 45.9 Å². The molecule has 5 rings (SSSR count). The molecule has 13 heteroatoms. The van der Waals surface area contributed by atoms with Gasteiger partial charge in [-0.05, 0) is 31.9 Å². The van der Waals surface area contributed by atoms with E-state index in [4.69, 9.17) is 47.4 Å². The van der Waals surface area contributed by atoms with Gasteiger partial charge in [0.2, 0.25) is 5.95 Å². The second-order valence-electron chi connectivity index (χ2n) is 9.99. The summed E-state index contributed by atoms with van der Waals surface area (Å²) in [4.78, 5) is 15.9. The van der Waals surface area contributed by atoms with Crippen molar-refractivity contribution in [1.82, 2.24) is 19.9 Å². The highest BCUT2D eigenvalue weighted by Crippen LogP contribution is 2.46. The molecule has 0 spiro atoms. The van der Waals surface area contributed by atoms with Gasteiger partial charge in [-0.1, -0.05) is 23.2 Å². The first-order valence-corrected chi connectivity index (χ1v) is 14.0. The number of pyridine rings is 1. The molecule has 40 heavy (non-hydrogen) atoms. The van der Waals surface area contributed by atoms with E-state index in [-0.39, 0.29) is 19.0 Å². The summed E-state index contributed by atoms with van der Waals surface area (Å²) in [6.45, 7) is 2.75. The third-order valence-electron chi connectivity index (χ3n) is 7.10. The number of halogens is 4. The van der Waals surface area contributed by atoms with Crippen LogP contribution < -0.4 is 20.1 Å². The van der Waals surface area contributed by atoms with Crippen molar-refractivity contribution < 1.29 is 23.0 Å². The van der Waals surface area contributed by atoms with Gasteiger partial charge in [-0.25, -0.2) is 23.7 Å². The molecule has 1 unspecified atom stereocenters. The maximum atomic E-state index is 13.5. The second kappa shape index (κ2) is 12.4. The lowest BCUT2D eigenvalue weighted by molar-refractivity contribution is 0.0121. The number of alkyl halides is 2. The predicted molar refractivity (Wildman–Crippen MR) is 152 cm³/mol. The molecule has 2 aromatic heterocycles. The smallest absolute Gasteiger partial charge is 0.261 e. The molecular formula is C27H32Cl2F2N6O3. The molecule has 1 atom stereocenters. The van der Waals surface area contributed by atoms with Crippen LogP contribution in [0.25, 0.3) is 22.2 Å². The van der Waals surface area contributed by atoms with E-state index >= 15 is 0 Å². The summed E-state index contributed by atoms with van der Waals surface area (Å²) >= 11 is 13.4. The van der Waals surface area contributed by atoms with E-state index < -0.39 is 5.92 Å². The number of nitrogens with zero attached hydrogens (tertiary/aromatic N) is 4. The van der Waals surface area contributed by atoms with Gasteiger partial charge >= 0.3 is 0 Å². The van der Waals surface area contributed by atoms with E-state index in [9.17, 15) is 8.78 Å². The van der Waals surface area contributed by atoms with Crippen LogP contribution >= 0.6 is 23.2 Å². The van der Waals surface area contributed by atoms with E-state index in [1.54, 1.807) is 12.3 Å². The van der Waals surface area contributed by atoms with Gasteiger partial charge in [-0.3, -0.25) is 4.90 Å². The van der Waals surface area contributed by atoms with Gasteiger partial charge in [0, 0.05) is 49.3 Å². The van der Waals surface area contributed by atoms with E-state index in [2.05, 4.69) is 15.6 Å². The maximum absolute atomic E-state index is 13.5. The standard InChI is InChI=1S/C27H32Cl2F2N6O3/c1-38-19-12-20(39-2)23(29)21(22(19)28)18-11-16-13-33-26(34-17-5-10-40-14-17)36-24(16)25(35-18)32-7-3-4-8-37-9-6-27(30,31)15-37/h11-13,17H,3-10,14-15H2,1-2H3,(H,32,35)(H,33,34,36). The third kappa shape index (κ3) is 6.43. The number of benzene rings is 1. The molecule has 2 N–H and O–H groups in total. The molecule has 1 aromatic carbocycles. The Kier molecular flexibility index (Phi) is 8.94. The lowest BCUT2D eigenvalue weighted by Gasteiger charge is -2.17. The Hall–Kier alpha value is -2.73. The molecular weight excluding hydrogens is 565 g/mol. The van der Waals surface area contributed by atoms with Crippen molar-refractivity contribution in [2.24, 2.45) is 0 Å². The summed E-state index contributed by atoms with van der Waals surface area (Å²) in [5.41, 5.74) is 1.58. The molecule has 2 saturated heterocycles. The number of hydrogen-bond acceptors (Lipinski definition) is 9. The largest absolute Gasteiger partial charge is 0.495 e. The van der Waals surface area contributed by atoms with Gasteiger partial charge in [0.15, 0.2) is 5.82 Å². The van der Waals surface area contributed by atoms with E-state index in [1.165, 1.54) is 14.2 Å². The second-order valence-corrected chi connectivity index (χ2v) is 10.7. The van der Waals surface area contributed by atoms with Gasteiger partial charge in [0.25, 0.3) is 5.92 Å². The van der Waals surface area contributed by atoms with Crippen LogP contribution in [0.2, 0.25) is 10.0 Å². The van der Waals surface area contributed by atoms with E-state index in [0.717, 1.165) is 24.6 Å². The Morgan fingerprint density at radius 3 is 2.55 bits per heavy atom. The van der Waals surface area contributed by atoms with Crippen molar-refractivity contribution in [2.45, 2.75) is 37.6 Å². The van der Waals surface area contributed by atoms with E-state index in [1.807, 2.05) is 11.0 Å². The average molecular weight is 597 g/mol. The van der Waals surface area contributed by atoms with Crippen molar-refractivity contribution in [3.8, 4) is 22.8 Å². The molecule has 0 bridgehead atoms. The number of hydrogen-bond donors (Lipinski definition) is 2. The zero-order valence-electron chi connectivity index (χ0n) is 22.4. The topological polar surface area (TPSA) is 93.7 Å². The fourth-order valence-corrected chi connectivity index (χ4v) is 5.66. The van der Waals surface area contributed by atoms with Gasteiger partial charge in [-0.2, -0.15) is 0 Å². The number of unbranched alkanes of at least 4 members (excludes halogenated alkanes) is 1. The number of nitrogens with one attached hydrogen (secondary N) is 2. The Bertz CT molecular complexity index is 1330. The number of aromatic nitrogens is 3. The van der Waals surface area contributed by atoms with Gasteiger partial charge in [-0.15, -0.1) is 0 Å². The average Bonchev–Trinajstić information content (AvgIpc) is 3.57. The van der Waals surface area contributed by atoms with Crippen LogP contribution in [0.4, 0.5) is 20.5 Å². The lowest BCUT2D eigenvalue weighted by atomic mass is 10.1. The minimum atomic E-state index is -2.58. The van der Waals surface area contributed by atoms with E-state index in [0.29, 0.717) is 82.9 Å². The van der Waals surface area contributed by atoms with Gasteiger partial charge in [0.05, 0.1) is 49.2 Å². The molecule has 0 amide bonds. The van der Waals surface area contributed by atoms with Gasteiger partial charge < -0.3 is 24.8 Å². The number of ether oxygens (including phenoxy) is 3. The minimum Gasteiger partial charge on any atom is -0.495 e. The first-order chi connectivity index (χ1) is 19.3. The Labute approximate surface area is 241 Å². The van der Waals surface area contributed by atoms with Crippen LogP contribution in [0.15, 0.2) is 18.3 Å². The molecule has 0 radical (unpaired) electrons. The van der Waals surface area contributed by atoms with Crippen LogP contribution in [0.1, 0.15) is 25.7 Å². The summed E-state index contributed by atoms with van der Waals surface area (Å²) in [6.07, 6.45) is 4.07. The van der Waals surface area contributed by atoms with Crippen LogP contribution in [0.5, 0.6) is 11.5 Å². The van der Waals surface area contributed by atoms with Crippen molar-refractivity contribution in [3.63, 3.8) is 0 Å². The monoisotopic (exact) mass is 596 g/mol. The number of rotatable bonds is 11. The Morgan fingerprint density at radius 2 is 1.90 bits per heavy atom.